The van der Waals surface area contributed by atoms with Crippen LogP contribution in [0.3, 0.4) is 0 Å². The van der Waals surface area contributed by atoms with Gasteiger partial charge in [0.1, 0.15) is 0 Å². The molecule has 4 nitrogen and oxygen atoms in total. The van der Waals surface area contributed by atoms with Crippen molar-refractivity contribution < 1.29 is 9.53 Å². The van der Waals surface area contributed by atoms with Gasteiger partial charge in [-0.2, -0.15) is 0 Å². The first-order chi connectivity index (χ1) is 8.48. The van der Waals surface area contributed by atoms with Crippen molar-refractivity contribution in [2.75, 3.05) is 0 Å². The number of hydrogen-bond donors (Lipinski definition) is 0. The van der Waals surface area contributed by atoms with Crippen molar-refractivity contribution in [3.8, 4) is 0 Å². The van der Waals surface area contributed by atoms with E-state index in [1.807, 2.05) is 39.0 Å². The molecule has 0 unspecified atom stereocenters. The minimum atomic E-state index is -0.256. The summed E-state index contributed by atoms with van der Waals surface area (Å²) in [4.78, 5) is 0.528. The van der Waals surface area contributed by atoms with E-state index < -0.39 is 0 Å². The number of rotatable bonds is 3. The van der Waals surface area contributed by atoms with Gasteiger partial charge in [-0.25, -0.2) is 0 Å². The predicted octanol–water partition coefficient (Wildman–Crippen LogP) is 2.39. The summed E-state index contributed by atoms with van der Waals surface area (Å²) >= 11 is 0. The van der Waals surface area contributed by atoms with E-state index in [1.54, 1.807) is 0 Å². The second-order valence-corrected chi connectivity index (χ2v) is 5.46. The standard InChI is InChI=1S/C14H18N2O2/c1-14(2,3)13-12(15-18-16(13)17)10-9-11-7-5-4-6-8-11/h4-8H,9-10H2,1-3H3. The zero-order valence-electron chi connectivity index (χ0n) is 11.0. The highest BCUT2D eigenvalue weighted by molar-refractivity contribution is 5.19. The molecule has 18 heavy (non-hydrogen) atoms. The lowest BCUT2D eigenvalue weighted by Gasteiger charge is -2.14. The van der Waals surface area contributed by atoms with Crippen molar-refractivity contribution >= 4 is 0 Å². The van der Waals surface area contributed by atoms with E-state index in [0.29, 0.717) is 10.6 Å². The lowest BCUT2D eigenvalue weighted by molar-refractivity contribution is -0.810. The third kappa shape index (κ3) is 2.70. The molecular weight excluding hydrogens is 228 g/mol. The topological polar surface area (TPSA) is 53.0 Å². The number of aryl methyl sites for hydroxylation is 2. The fourth-order valence-corrected chi connectivity index (χ4v) is 2.05. The van der Waals surface area contributed by atoms with Crippen LogP contribution < -0.4 is 4.90 Å². The summed E-state index contributed by atoms with van der Waals surface area (Å²) in [5, 5.41) is 15.5. The van der Waals surface area contributed by atoms with Crippen molar-refractivity contribution in [2.24, 2.45) is 0 Å². The maximum Gasteiger partial charge on any atom is 0.222 e. The van der Waals surface area contributed by atoms with Crippen molar-refractivity contribution in [1.82, 2.24) is 5.16 Å². The molecule has 1 aromatic carbocycles. The van der Waals surface area contributed by atoms with Gasteiger partial charge >= 0.3 is 0 Å². The van der Waals surface area contributed by atoms with Crippen LogP contribution in [-0.4, -0.2) is 5.16 Å². The van der Waals surface area contributed by atoms with Gasteiger partial charge in [-0.05, 0) is 16.9 Å². The van der Waals surface area contributed by atoms with E-state index in [4.69, 9.17) is 4.63 Å². The zero-order chi connectivity index (χ0) is 13.2. The Labute approximate surface area is 107 Å². The first-order valence-corrected chi connectivity index (χ1v) is 6.11. The fraction of sp³-hybridized carbons (Fsp3) is 0.429. The summed E-state index contributed by atoms with van der Waals surface area (Å²) in [6, 6.07) is 10.2. The Morgan fingerprint density at radius 3 is 2.44 bits per heavy atom. The Morgan fingerprint density at radius 2 is 1.83 bits per heavy atom. The SMILES string of the molecule is CC(C)(C)c1c(CCc2ccccc2)no[n+]1[O-]. The van der Waals surface area contributed by atoms with E-state index in [2.05, 4.69) is 17.3 Å². The third-order valence-electron chi connectivity index (χ3n) is 2.88. The third-order valence-corrected chi connectivity index (χ3v) is 2.88. The molecule has 0 aliphatic carbocycles. The summed E-state index contributed by atoms with van der Waals surface area (Å²) in [5.74, 6) is 0. The van der Waals surface area contributed by atoms with Gasteiger partial charge in [-0.1, -0.05) is 51.1 Å². The van der Waals surface area contributed by atoms with E-state index in [-0.39, 0.29) is 5.41 Å². The van der Waals surface area contributed by atoms with Crippen LogP contribution in [0.4, 0.5) is 0 Å². The monoisotopic (exact) mass is 246 g/mol. The largest absolute Gasteiger partial charge is 0.359 e. The highest BCUT2D eigenvalue weighted by atomic mass is 16.8. The quantitative estimate of drug-likeness (QED) is 0.781. The fourth-order valence-electron chi connectivity index (χ4n) is 2.05. The second-order valence-electron chi connectivity index (χ2n) is 5.46. The lowest BCUT2D eigenvalue weighted by atomic mass is 9.89. The second kappa shape index (κ2) is 4.80. The van der Waals surface area contributed by atoms with Crippen LogP contribution in [0.25, 0.3) is 0 Å². The Bertz CT molecular complexity index is 512. The number of hydrogen-bond acceptors (Lipinski definition) is 3. The summed E-state index contributed by atoms with van der Waals surface area (Å²) < 4.78 is 4.72. The maximum absolute atomic E-state index is 11.6. The summed E-state index contributed by atoms with van der Waals surface area (Å²) in [6.07, 6.45) is 1.58. The highest BCUT2D eigenvalue weighted by Crippen LogP contribution is 2.22. The molecule has 0 radical (unpaired) electrons. The van der Waals surface area contributed by atoms with Gasteiger partial charge in [0.05, 0.1) is 0 Å². The molecule has 0 saturated carbocycles. The number of nitrogens with zero attached hydrogens (tertiary/aromatic N) is 2. The molecule has 0 spiro atoms. The predicted molar refractivity (Wildman–Crippen MR) is 68.0 cm³/mol. The van der Waals surface area contributed by atoms with Gasteiger partial charge in [-0.3, -0.25) is 4.63 Å². The molecule has 1 aromatic heterocycles. The van der Waals surface area contributed by atoms with Gasteiger partial charge < -0.3 is 5.21 Å². The number of benzene rings is 1. The van der Waals surface area contributed by atoms with Crippen LogP contribution in [-0.2, 0) is 18.3 Å². The smallest absolute Gasteiger partial charge is 0.222 e. The Morgan fingerprint density at radius 1 is 1.17 bits per heavy atom. The molecule has 0 atom stereocenters. The molecule has 0 saturated heterocycles. The van der Waals surface area contributed by atoms with Crippen molar-refractivity contribution in [3.63, 3.8) is 0 Å². The van der Waals surface area contributed by atoms with Gasteiger partial charge in [0.15, 0.2) is 0 Å². The summed E-state index contributed by atoms with van der Waals surface area (Å²) in [6.45, 7) is 5.96. The molecule has 0 N–H and O–H groups in total. The molecule has 4 heteroatoms. The maximum atomic E-state index is 11.6. The average Bonchev–Trinajstić information content (AvgIpc) is 2.69. The molecule has 2 aromatic rings. The summed E-state index contributed by atoms with van der Waals surface area (Å²) in [7, 11) is 0. The molecule has 96 valence electrons. The Kier molecular flexibility index (Phi) is 3.36. The molecule has 1 heterocycles. The molecule has 0 amide bonds. The average molecular weight is 246 g/mol. The Hall–Kier alpha value is -1.84. The highest BCUT2D eigenvalue weighted by Gasteiger charge is 2.30. The first-order valence-electron chi connectivity index (χ1n) is 6.11. The number of aromatic nitrogens is 2. The van der Waals surface area contributed by atoms with Crippen LogP contribution in [0.2, 0.25) is 0 Å². The van der Waals surface area contributed by atoms with Crippen LogP contribution in [0.15, 0.2) is 35.0 Å². The lowest BCUT2D eigenvalue weighted by Crippen LogP contribution is -2.36. The first kappa shape index (κ1) is 12.6. The van der Waals surface area contributed by atoms with Crippen molar-refractivity contribution in [2.45, 2.75) is 39.0 Å². The van der Waals surface area contributed by atoms with Crippen molar-refractivity contribution in [3.05, 3.63) is 52.5 Å². The van der Waals surface area contributed by atoms with Gasteiger partial charge in [0.25, 0.3) is 0 Å². The van der Waals surface area contributed by atoms with E-state index >= 15 is 0 Å². The zero-order valence-corrected chi connectivity index (χ0v) is 11.0. The molecule has 2 rings (SSSR count). The minimum Gasteiger partial charge on any atom is -0.359 e. The van der Waals surface area contributed by atoms with Crippen molar-refractivity contribution in [1.29, 1.82) is 0 Å². The molecule has 0 bridgehead atoms. The van der Waals surface area contributed by atoms with E-state index in [9.17, 15) is 5.21 Å². The van der Waals surface area contributed by atoms with E-state index in [0.717, 1.165) is 18.5 Å². The molecule has 0 fully saturated rings. The minimum absolute atomic E-state index is 0.256. The molecule has 0 aliphatic heterocycles. The molecule has 0 aliphatic rings. The Balaban J connectivity index is 2.16. The van der Waals surface area contributed by atoms with Gasteiger partial charge in [0, 0.05) is 17.0 Å². The molecular formula is C14H18N2O2. The van der Waals surface area contributed by atoms with Crippen LogP contribution in [0.5, 0.6) is 0 Å². The summed E-state index contributed by atoms with van der Waals surface area (Å²) in [5.41, 5.74) is 2.35. The van der Waals surface area contributed by atoms with E-state index in [1.165, 1.54) is 5.56 Å². The van der Waals surface area contributed by atoms with Gasteiger partial charge in [0.2, 0.25) is 11.4 Å². The van der Waals surface area contributed by atoms with Crippen LogP contribution in [0.1, 0.15) is 37.7 Å². The normalized spacial score (nSPS) is 11.7. The van der Waals surface area contributed by atoms with Crippen LogP contribution >= 0.6 is 0 Å². The van der Waals surface area contributed by atoms with Gasteiger partial charge in [-0.15, -0.1) is 0 Å². The van der Waals surface area contributed by atoms with Crippen LogP contribution in [0, 0.1) is 5.21 Å².